The number of hydrogen-bond donors (Lipinski definition) is 5. The molecule has 1 aromatic carbocycles. The number of rotatable bonds is 20. The van der Waals surface area contributed by atoms with Crippen LogP contribution in [0.4, 0.5) is 25.2 Å². The monoisotopic (exact) mass is 1140 g/mol. The van der Waals surface area contributed by atoms with Gasteiger partial charge >= 0.3 is 34.6 Å². The van der Waals surface area contributed by atoms with Crippen LogP contribution >= 0.6 is 11.3 Å². The Labute approximate surface area is 456 Å². The maximum absolute atomic E-state index is 14.0. The van der Waals surface area contributed by atoms with Crippen molar-refractivity contribution in [1.29, 1.82) is 0 Å². The zero-order chi connectivity index (χ0) is 58.3. The number of benzene rings is 1. The molecule has 2 atom stereocenters. The highest BCUT2D eigenvalue weighted by Crippen LogP contribution is 2.33. The summed E-state index contributed by atoms with van der Waals surface area (Å²) in [7, 11) is -5.12. The molecule has 2 aliphatic rings. The molecule has 27 nitrogen and oxygen atoms in total. The van der Waals surface area contributed by atoms with Gasteiger partial charge in [-0.05, 0) is 128 Å². The second-order valence-corrected chi connectivity index (χ2v) is 24.6. The van der Waals surface area contributed by atoms with Crippen molar-refractivity contribution in [3.05, 3.63) is 53.3 Å². The molecule has 2 saturated heterocycles. The number of likely N-dealkylation sites (tertiary alicyclic amines) is 1. The number of carbonyl (C=O) groups is 7. The lowest BCUT2D eigenvalue weighted by Gasteiger charge is -2.50. The summed E-state index contributed by atoms with van der Waals surface area (Å²) in [6, 6.07) is 4.47. The van der Waals surface area contributed by atoms with Gasteiger partial charge in [0.05, 0.1) is 24.2 Å². The van der Waals surface area contributed by atoms with Gasteiger partial charge in [-0.1, -0.05) is 5.16 Å². The van der Waals surface area contributed by atoms with Crippen molar-refractivity contribution < 1.29 is 84.0 Å². The average Bonchev–Trinajstić information content (AvgIpc) is 3.88. The van der Waals surface area contributed by atoms with E-state index < -0.39 is 105 Å². The zero-order valence-corrected chi connectivity index (χ0v) is 47.8. The van der Waals surface area contributed by atoms with Gasteiger partial charge in [0.2, 0.25) is 6.20 Å². The van der Waals surface area contributed by atoms with Gasteiger partial charge in [-0.25, -0.2) is 24.2 Å². The fourth-order valence-electron chi connectivity index (χ4n) is 7.25. The van der Waals surface area contributed by atoms with Gasteiger partial charge in [-0.15, -0.1) is 20.3 Å². The first kappa shape index (κ1) is 61.7. The molecular formula is C49H71N10O17S2+. The number of alkyl carbamates (subject to hydrolysis) is 1. The summed E-state index contributed by atoms with van der Waals surface area (Å²) >= 11 is 0.863. The van der Waals surface area contributed by atoms with E-state index in [9.17, 15) is 46.5 Å². The topological polar surface area (TPSA) is 327 Å². The van der Waals surface area contributed by atoms with Crippen LogP contribution < -0.4 is 30.7 Å². The van der Waals surface area contributed by atoms with Gasteiger partial charge in [0, 0.05) is 30.6 Å². The van der Waals surface area contributed by atoms with Crippen LogP contribution in [0.15, 0.2) is 47.2 Å². The molecule has 0 bridgehead atoms. The highest BCUT2D eigenvalue weighted by molar-refractivity contribution is 7.80. The number of thiazole rings is 1. The molecular weight excluding hydrogens is 1060 g/mol. The van der Waals surface area contributed by atoms with Crippen molar-refractivity contribution >= 4 is 80.2 Å². The minimum atomic E-state index is -5.12. The molecule has 2 fully saturated rings. The molecule has 2 aliphatic heterocycles. The molecule has 6 amide bonds. The van der Waals surface area contributed by atoms with Gasteiger partial charge in [0.25, 0.3) is 23.8 Å². The number of carbonyl (C=O) groups excluding carboxylic acids is 7. The average molecular weight is 1140 g/mol. The molecule has 5 N–H and O–H groups in total. The lowest BCUT2D eigenvalue weighted by atomic mass is 9.84. The third kappa shape index (κ3) is 18.8. The van der Waals surface area contributed by atoms with Crippen LogP contribution in [-0.2, 0) is 65.9 Å². The normalized spacial score (nSPS) is 16.4. The molecule has 2 aromatic heterocycles. The first-order chi connectivity index (χ1) is 35.8. The second kappa shape index (κ2) is 24.3. The fraction of sp³-hybridized carbons (Fsp3) is 0.592. The Morgan fingerprint density at radius 2 is 1.47 bits per heavy atom. The van der Waals surface area contributed by atoms with E-state index >= 15 is 0 Å². The molecule has 3 aromatic rings. The summed E-state index contributed by atoms with van der Waals surface area (Å²) in [6.07, 6.45) is 0.608. The van der Waals surface area contributed by atoms with Gasteiger partial charge in [0.1, 0.15) is 52.2 Å². The van der Waals surface area contributed by atoms with E-state index in [1.807, 2.05) is 9.36 Å². The first-order valence-corrected chi connectivity index (χ1v) is 26.9. The van der Waals surface area contributed by atoms with E-state index in [4.69, 9.17) is 28.5 Å². The van der Waals surface area contributed by atoms with Crippen molar-refractivity contribution in [2.24, 2.45) is 11.1 Å². The van der Waals surface area contributed by atoms with E-state index in [1.165, 1.54) is 43.5 Å². The molecule has 5 rings (SSSR count). The minimum Gasteiger partial charge on any atom is -0.489 e. The van der Waals surface area contributed by atoms with Crippen LogP contribution in [-0.4, -0.2) is 147 Å². The van der Waals surface area contributed by atoms with Crippen LogP contribution in [0, 0.1) is 5.92 Å². The number of hydrogen-bond acceptors (Lipinski definition) is 19. The number of aryl methyl sites for hydroxylation is 1. The van der Waals surface area contributed by atoms with Crippen LogP contribution in [0.2, 0.25) is 0 Å². The fourth-order valence-corrected chi connectivity index (χ4v) is 8.38. The van der Waals surface area contributed by atoms with Crippen LogP contribution in [0.1, 0.15) is 119 Å². The molecule has 0 radical (unpaired) electrons. The van der Waals surface area contributed by atoms with Gasteiger partial charge in [-0.2, -0.15) is 18.2 Å². The van der Waals surface area contributed by atoms with Gasteiger partial charge in [-0.3, -0.25) is 24.3 Å². The second-order valence-electron chi connectivity index (χ2n) is 22.7. The largest absolute Gasteiger partial charge is 0.489 e. The molecule has 0 saturated carbocycles. The van der Waals surface area contributed by atoms with Crippen molar-refractivity contribution in [3.8, 4) is 5.75 Å². The Morgan fingerprint density at radius 3 is 2.05 bits per heavy atom. The summed E-state index contributed by atoms with van der Waals surface area (Å²) in [5.41, 5.74) is -4.84. The van der Waals surface area contributed by atoms with Crippen molar-refractivity contribution in [2.75, 3.05) is 36.9 Å². The molecule has 4 heterocycles. The SMILES string of the molecule is CC(C)(C)OC(=O)NCCCn1cc(NC(=O)c2ccc(OC[C@H](O/N=C(\C(=O)N[C@@H]3C(=O)N(OS(=O)(=O)O)C3(C)C)c3csc(NC(=O)OC(C)(C)C)n3)C(=O)OC(C)(C)C)cc2)c[n+]1CC1CN(C(=O)OC(C)(C)C)C1. The molecule has 430 valence electrons. The van der Waals surface area contributed by atoms with E-state index in [2.05, 4.69) is 35.7 Å². The number of aromatic nitrogens is 3. The van der Waals surface area contributed by atoms with Crippen LogP contribution in [0.25, 0.3) is 0 Å². The predicted octanol–water partition coefficient (Wildman–Crippen LogP) is 4.96. The Morgan fingerprint density at radius 1 is 0.872 bits per heavy atom. The summed E-state index contributed by atoms with van der Waals surface area (Å²) in [6.45, 7) is 24.9. The van der Waals surface area contributed by atoms with E-state index in [0.29, 0.717) is 49.9 Å². The highest BCUT2D eigenvalue weighted by Gasteiger charge is 2.58. The summed E-state index contributed by atoms with van der Waals surface area (Å²) in [5, 5.41) is 16.1. The zero-order valence-electron chi connectivity index (χ0n) is 46.2. The molecule has 0 aliphatic carbocycles. The van der Waals surface area contributed by atoms with Crippen molar-refractivity contribution in [1.82, 2.24) is 30.3 Å². The number of hydroxylamine groups is 2. The van der Waals surface area contributed by atoms with Crippen LogP contribution in [0.3, 0.4) is 0 Å². The number of nitrogens with one attached hydrogen (secondary N) is 4. The lowest BCUT2D eigenvalue weighted by molar-refractivity contribution is -0.781. The number of nitrogens with zero attached hydrogens (tertiary/aromatic N) is 6. The summed E-state index contributed by atoms with van der Waals surface area (Å²) < 4.78 is 67.9. The number of amides is 6. The standard InChI is InChI=1S/C49H70N10O17S2/c1-45(2,3)71-40(63)34(75-55-35(33-28-77-41(52-33)54-43(65)73-47(7,8)9)38(61)53-36-39(62)59(49(36,13)14)76-78(67,68)69)27-70-32-18-16-30(17-19-32)37(60)51-31-25-57(21-15-20-50-42(64)72-46(4,5)6)58(26-31)24-29-22-56(23-29)44(66)74-48(10,11)12/h16-19,25-26,28-29,34,36H,15,20-24,27H2,1-14H3,(H4-,50,51,52,53,54,60,61,64,65,67,68,69)/p+1/b55-35-/t34-,36+/m0/s1. The Hall–Kier alpha value is -7.11. The Balaban J connectivity index is 1.31. The Bertz CT molecular complexity index is 2830. The van der Waals surface area contributed by atoms with E-state index in [1.54, 1.807) is 100 Å². The minimum absolute atomic E-state index is 0.0428. The number of anilines is 2. The van der Waals surface area contributed by atoms with Gasteiger partial charge < -0.3 is 49.4 Å². The number of oxime groups is 1. The summed E-state index contributed by atoms with van der Waals surface area (Å²) in [4.78, 5) is 103. The van der Waals surface area contributed by atoms with Gasteiger partial charge in [0.15, 0.2) is 17.4 Å². The third-order valence-corrected chi connectivity index (χ3v) is 11.7. The van der Waals surface area contributed by atoms with Crippen molar-refractivity contribution in [3.63, 3.8) is 0 Å². The maximum Gasteiger partial charge on any atom is 0.418 e. The third-order valence-electron chi connectivity index (χ3n) is 10.6. The van der Waals surface area contributed by atoms with Crippen molar-refractivity contribution in [2.45, 2.75) is 157 Å². The first-order valence-electron chi connectivity index (χ1n) is 24.7. The number of esters is 1. The molecule has 78 heavy (non-hydrogen) atoms. The van der Waals surface area contributed by atoms with E-state index in [-0.39, 0.29) is 28.1 Å². The Kier molecular flexibility index (Phi) is 19.2. The maximum atomic E-state index is 14.0. The van der Waals surface area contributed by atoms with E-state index in [0.717, 1.165) is 11.3 Å². The van der Waals surface area contributed by atoms with Crippen LogP contribution in [0.5, 0.6) is 5.75 Å². The lowest BCUT2D eigenvalue weighted by Crippen LogP contribution is -2.76. The highest BCUT2D eigenvalue weighted by atomic mass is 32.3. The smallest absolute Gasteiger partial charge is 0.418 e. The quantitative estimate of drug-likeness (QED) is 0.0146. The summed E-state index contributed by atoms with van der Waals surface area (Å²) in [5.74, 6) is -3.32. The molecule has 0 unspecified atom stereocenters. The number of ether oxygens (including phenoxy) is 5. The molecule has 29 heteroatoms. The predicted molar refractivity (Wildman–Crippen MR) is 279 cm³/mol. The number of β-lactam (4-membered cyclic amide) rings is 1. The molecule has 0 spiro atoms.